The van der Waals surface area contributed by atoms with Crippen molar-refractivity contribution < 1.29 is 23.8 Å². The van der Waals surface area contributed by atoms with Gasteiger partial charge in [0.15, 0.2) is 0 Å². The van der Waals surface area contributed by atoms with Crippen LogP contribution in [0.25, 0.3) is 11.1 Å². The summed E-state index contributed by atoms with van der Waals surface area (Å²) in [5.74, 6) is 1.56. The first-order valence-corrected chi connectivity index (χ1v) is 13.9. The number of rotatable bonds is 7. The predicted molar refractivity (Wildman–Crippen MR) is 149 cm³/mol. The number of benzene rings is 3. The number of fused-ring (bicyclic) bond motifs is 5. The van der Waals surface area contributed by atoms with Gasteiger partial charge in [0.25, 0.3) is 0 Å². The number of carbonyl (C=O) groups is 2. The molecule has 3 aliphatic rings. The normalized spacial score (nSPS) is 21.6. The first-order valence-electron chi connectivity index (χ1n) is 13.9. The van der Waals surface area contributed by atoms with E-state index in [2.05, 4.69) is 36.4 Å². The van der Waals surface area contributed by atoms with Crippen LogP contribution in [0.3, 0.4) is 0 Å². The number of hydrogen-bond donors (Lipinski definition) is 0. The molecule has 2 saturated heterocycles. The number of ether oxygens (including phenoxy) is 3. The van der Waals surface area contributed by atoms with E-state index in [0.29, 0.717) is 37.4 Å². The van der Waals surface area contributed by atoms with E-state index >= 15 is 0 Å². The molecule has 2 unspecified atom stereocenters. The molecule has 3 aromatic rings. The highest BCUT2D eigenvalue weighted by molar-refractivity contribution is 5.84. The number of Topliss-reactive ketones (excluding diaryl/α,β-unsaturated/α-hetero) is 1. The molecule has 2 bridgehead atoms. The maximum Gasteiger partial charge on any atom is 0.410 e. The van der Waals surface area contributed by atoms with Crippen LogP contribution in [0.1, 0.15) is 54.7 Å². The summed E-state index contributed by atoms with van der Waals surface area (Å²) in [4.78, 5) is 28.8. The maximum absolute atomic E-state index is 13.5. The van der Waals surface area contributed by atoms with E-state index < -0.39 is 0 Å². The lowest BCUT2D eigenvalue weighted by molar-refractivity contribution is -0.126. The quantitative estimate of drug-likeness (QED) is 0.357. The first kappa shape index (κ1) is 25.5. The SMILES string of the molecule is COc1cc(CC(=O)C2CC3CCCC(C2)N3C(=O)OCC2c3ccccc3-c3ccccc32)cc(OC)c1. The van der Waals surface area contributed by atoms with E-state index in [0.717, 1.165) is 24.8 Å². The maximum atomic E-state index is 13.5. The highest BCUT2D eigenvalue weighted by Gasteiger charge is 2.44. The lowest BCUT2D eigenvalue weighted by atomic mass is 9.76. The molecule has 202 valence electrons. The minimum atomic E-state index is -0.241. The molecule has 0 N–H and O–H groups in total. The monoisotopic (exact) mass is 525 g/mol. The Bertz CT molecular complexity index is 1300. The summed E-state index contributed by atoms with van der Waals surface area (Å²) in [6, 6.07) is 22.5. The number of piperidine rings is 2. The van der Waals surface area contributed by atoms with Crippen LogP contribution in [0.2, 0.25) is 0 Å². The Labute approximate surface area is 229 Å². The largest absolute Gasteiger partial charge is 0.497 e. The second kappa shape index (κ2) is 10.8. The summed E-state index contributed by atoms with van der Waals surface area (Å²) in [5, 5.41) is 0. The van der Waals surface area contributed by atoms with Gasteiger partial charge in [-0.3, -0.25) is 4.79 Å². The van der Waals surface area contributed by atoms with Crippen molar-refractivity contribution in [2.45, 2.75) is 56.5 Å². The van der Waals surface area contributed by atoms with Crippen molar-refractivity contribution in [3.63, 3.8) is 0 Å². The van der Waals surface area contributed by atoms with Crippen LogP contribution in [0.5, 0.6) is 11.5 Å². The molecule has 1 amide bonds. The van der Waals surface area contributed by atoms with Gasteiger partial charge in [0.1, 0.15) is 23.9 Å². The summed E-state index contributed by atoms with van der Waals surface area (Å²) in [6.45, 7) is 0.322. The van der Waals surface area contributed by atoms with Crippen molar-refractivity contribution in [1.29, 1.82) is 0 Å². The fraction of sp³-hybridized carbons (Fsp3) is 0.394. The van der Waals surface area contributed by atoms with Gasteiger partial charge in [0.05, 0.1) is 14.2 Å². The summed E-state index contributed by atoms with van der Waals surface area (Å²) in [6.07, 6.45) is 4.39. The van der Waals surface area contributed by atoms with Gasteiger partial charge >= 0.3 is 6.09 Å². The second-order valence-electron chi connectivity index (χ2n) is 11.0. The number of hydrogen-bond acceptors (Lipinski definition) is 5. The van der Waals surface area contributed by atoms with E-state index in [9.17, 15) is 9.59 Å². The van der Waals surface area contributed by atoms with Crippen molar-refractivity contribution in [2.24, 2.45) is 5.92 Å². The number of amides is 1. The van der Waals surface area contributed by atoms with E-state index in [1.807, 2.05) is 35.2 Å². The Morgan fingerprint density at radius 2 is 1.38 bits per heavy atom. The molecule has 6 nitrogen and oxygen atoms in total. The van der Waals surface area contributed by atoms with Crippen LogP contribution >= 0.6 is 0 Å². The number of nitrogens with zero attached hydrogens (tertiary/aromatic N) is 1. The molecule has 0 aromatic heterocycles. The Balaban J connectivity index is 1.12. The summed E-state index contributed by atoms with van der Waals surface area (Å²) in [7, 11) is 3.22. The zero-order valence-corrected chi connectivity index (χ0v) is 22.6. The van der Waals surface area contributed by atoms with Crippen molar-refractivity contribution in [1.82, 2.24) is 4.90 Å². The molecule has 39 heavy (non-hydrogen) atoms. The van der Waals surface area contributed by atoms with Gasteiger partial charge in [-0.15, -0.1) is 0 Å². The second-order valence-corrected chi connectivity index (χ2v) is 11.0. The molecule has 2 heterocycles. The Kier molecular flexibility index (Phi) is 7.03. The molecule has 0 radical (unpaired) electrons. The highest BCUT2D eigenvalue weighted by Crippen LogP contribution is 2.45. The molecule has 6 heteroatoms. The molecular weight excluding hydrogens is 490 g/mol. The molecule has 6 rings (SSSR count). The summed E-state index contributed by atoms with van der Waals surface area (Å²) >= 11 is 0. The molecular formula is C33H35NO5. The Morgan fingerprint density at radius 1 is 0.821 bits per heavy atom. The lowest BCUT2D eigenvalue weighted by Gasteiger charge is -2.47. The van der Waals surface area contributed by atoms with Crippen LogP contribution in [0, 0.1) is 5.92 Å². The molecule has 3 aromatic carbocycles. The van der Waals surface area contributed by atoms with Gasteiger partial charge in [-0.2, -0.15) is 0 Å². The Hall–Kier alpha value is -3.80. The number of methoxy groups -OCH3 is 2. The molecule has 2 atom stereocenters. The average molecular weight is 526 g/mol. The van der Waals surface area contributed by atoms with Crippen LogP contribution in [0.15, 0.2) is 66.7 Å². The molecule has 2 fully saturated rings. The average Bonchev–Trinajstić information content (AvgIpc) is 3.28. The van der Waals surface area contributed by atoms with Gasteiger partial charge < -0.3 is 19.1 Å². The third kappa shape index (κ3) is 4.88. The van der Waals surface area contributed by atoms with Crippen molar-refractivity contribution >= 4 is 11.9 Å². The fourth-order valence-corrected chi connectivity index (χ4v) is 6.92. The topological polar surface area (TPSA) is 65.1 Å². The van der Waals surface area contributed by atoms with Crippen molar-refractivity contribution in [3.05, 3.63) is 83.4 Å². The van der Waals surface area contributed by atoms with Gasteiger partial charge in [-0.1, -0.05) is 48.5 Å². The number of carbonyl (C=O) groups excluding carboxylic acids is 2. The molecule has 0 spiro atoms. The zero-order chi connectivity index (χ0) is 26.9. The zero-order valence-electron chi connectivity index (χ0n) is 22.6. The van der Waals surface area contributed by atoms with Crippen LogP contribution in [-0.4, -0.2) is 49.7 Å². The van der Waals surface area contributed by atoms with Crippen molar-refractivity contribution in [3.8, 4) is 22.6 Å². The van der Waals surface area contributed by atoms with Crippen molar-refractivity contribution in [2.75, 3.05) is 20.8 Å². The van der Waals surface area contributed by atoms with E-state index in [-0.39, 0.29) is 35.8 Å². The summed E-state index contributed by atoms with van der Waals surface area (Å²) < 4.78 is 16.8. The third-order valence-electron chi connectivity index (χ3n) is 8.77. The molecule has 1 aliphatic carbocycles. The van der Waals surface area contributed by atoms with E-state index in [1.54, 1.807) is 14.2 Å². The minimum Gasteiger partial charge on any atom is -0.497 e. The molecule has 2 aliphatic heterocycles. The van der Waals surface area contributed by atoms with Crippen LogP contribution < -0.4 is 9.47 Å². The smallest absolute Gasteiger partial charge is 0.410 e. The predicted octanol–water partition coefficient (Wildman–Crippen LogP) is 6.40. The Morgan fingerprint density at radius 3 is 1.95 bits per heavy atom. The minimum absolute atomic E-state index is 0.0418. The van der Waals surface area contributed by atoms with Gasteiger partial charge in [-0.25, -0.2) is 4.79 Å². The number of ketones is 1. The summed E-state index contributed by atoms with van der Waals surface area (Å²) in [5.41, 5.74) is 5.76. The van der Waals surface area contributed by atoms with Gasteiger partial charge in [0.2, 0.25) is 0 Å². The van der Waals surface area contributed by atoms with Gasteiger partial charge in [-0.05, 0) is 72.1 Å². The standard InChI is InChI=1S/C33H35NO5/c1-37-25-14-21(15-26(19-25)38-2)16-32(35)22-17-23-8-7-9-24(18-22)34(23)33(36)39-20-31-29-12-5-3-10-27(29)28-11-4-6-13-30(28)31/h3-6,10-15,19,22-24,31H,7-9,16-18,20H2,1-2H3. The fourth-order valence-electron chi connectivity index (χ4n) is 6.92. The van der Waals surface area contributed by atoms with E-state index in [1.165, 1.54) is 22.3 Å². The van der Waals surface area contributed by atoms with Crippen LogP contribution in [0.4, 0.5) is 4.79 Å². The van der Waals surface area contributed by atoms with E-state index in [4.69, 9.17) is 14.2 Å². The highest BCUT2D eigenvalue weighted by atomic mass is 16.6. The van der Waals surface area contributed by atoms with Crippen LogP contribution in [-0.2, 0) is 16.0 Å². The van der Waals surface area contributed by atoms with Gasteiger partial charge in [0, 0.05) is 36.4 Å². The lowest BCUT2D eigenvalue weighted by Crippen LogP contribution is -2.56. The third-order valence-corrected chi connectivity index (χ3v) is 8.77. The first-order chi connectivity index (χ1) is 19.1. The molecule has 0 saturated carbocycles.